The predicted octanol–water partition coefficient (Wildman–Crippen LogP) is 1.87. The summed E-state index contributed by atoms with van der Waals surface area (Å²) in [7, 11) is 0. The van der Waals surface area contributed by atoms with Gasteiger partial charge in [-0.25, -0.2) is 4.98 Å². The summed E-state index contributed by atoms with van der Waals surface area (Å²) in [5.74, 6) is 1.56. The van der Waals surface area contributed by atoms with E-state index < -0.39 is 0 Å². The van der Waals surface area contributed by atoms with Crippen LogP contribution in [0.4, 0.5) is 11.6 Å². The van der Waals surface area contributed by atoms with Crippen LogP contribution in [0.2, 0.25) is 0 Å². The van der Waals surface area contributed by atoms with Gasteiger partial charge in [-0.05, 0) is 19.8 Å². The molecule has 0 aromatic carbocycles. The molecule has 2 rings (SSSR count). The summed E-state index contributed by atoms with van der Waals surface area (Å²) in [5, 5.41) is 16.0. The first-order valence-electron chi connectivity index (χ1n) is 6.69. The maximum absolute atomic E-state index is 9.54. The number of hydrogen-bond acceptors (Lipinski definition) is 5. The number of aromatic nitrogens is 2. The molecule has 0 atom stereocenters. The van der Waals surface area contributed by atoms with Crippen molar-refractivity contribution in [3.63, 3.8) is 0 Å². The molecule has 18 heavy (non-hydrogen) atoms. The lowest BCUT2D eigenvalue weighted by Crippen LogP contribution is -2.30. The number of aliphatic hydroxyl groups is 1. The van der Waals surface area contributed by atoms with Crippen LogP contribution in [0.15, 0.2) is 12.4 Å². The number of aliphatic hydroxyl groups excluding tert-OH is 1. The van der Waals surface area contributed by atoms with Crippen LogP contribution in [0.1, 0.15) is 32.6 Å². The molecule has 1 aromatic heterocycles. The van der Waals surface area contributed by atoms with Crippen LogP contribution in [0.3, 0.4) is 0 Å². The van der Waals surface area contributed by atoms with Gasteiger partial charge in [0.1, 0.15) is 11.6 Å². The second-order valence-electron chi connectivity index (χ2n) is 5.04. The zero-order valence-corrected chi connectivity index (χ0v) is 10.9. The lowest BCUT2D eigenvalue weighted by atomic mass is 9.87. The van der Waals surface area contributed by atoms with Crippen molar-refractivity contribution in [2.45, 2.75) is 32.6 Å². The van der Waals surface area contributed by atoms with E-state index >= 15 is 0 Å². The van der Waals surface area contributed by atoms with Gasteiger partial charge < -0.3 is 15.7 Å². The van der Waals surface area contributed by atoms with E-state index in [1.54, 1.807) is 12.4 Å². The third-order valence-corrected chi connectivity index (χ3v) is 3.64. The highest BCUT2D eigenvalue weighted by Crippen LogP contribution is 2.37. The lowest BCUT2D eigenvalue weighted by Gasteiger charge is -2.26. The molecular formula is C13H22N4O. The quantitative estimate of drug-likeness (QED) is 0.719. The standard InChI is InChI=1S/C13H22N4O/c1-2-15-11-7-14-8-12(17-11)16-9-13(10-18)5-3-4-6-13/h7-8,18H,2-6,9-10H2,1H3,(H2,15,16,17). The first-order chi connectivity index (χ1) is 8.78. The Labute approximate surface area is 108 Å². The van der Waals surface area contributed by atoms with Crippen LogP contribution in [0.5, 0.6) is 0 Å². The lowest BCUT2D eigenvalue weighted by molar-refractivity contribution is 0.142. The Kier molecular flexibility index (Phi) is 4.36. The molecule has 5 heteroatoms. The third kappa shape index (κ3) is 3.10. The molecule has 1 heterocycles. The zero-order valence-electron chi connectivity index (χ0n) is 10.9. The van der Waals surface area contributed by atoms with Crippen LogP contribution >= 0.6 is 0 Å². The van der Waals surface area contributed by atoms with E-state index in [9.17, 15) is 5.11 Å². The molecule has 100 valence electrons. The summed E-state index contributed by atoms with van der Waals surface area (Å²) in [6, 6.07) is 0. The highest BCUT2D eigenvalue weighted by Gasteiger charge is 2.32. The van der Waals surface area contributed by atoms with Gasteiger partial charge in [0.25, 0.3) is 0 Å². The molecule has 1 aromatic rings. The average Bonchev–Trinajstić information content (AvgIpc) is 2.87. The van der Waals surface area contributed by atoms with E-state index in [2.05, 4.69) is 20.6 Å². The van der Waals surface area contributed by atoms with Crippen molar-refractivity contribution >= 4 is 11.6 Å². The molecule has 0 saturated heterocycles. The molecule has 0 radical (unpaired) electrons. The molecule has 0 spiro atoms. The van der Waals surface area contributed by atoms with Gasteiger partial charge in [0.2, 0.25) is 0 Å². The Morgan fingerprint density at radius 1 is 1.22 bits per heavy atom. The van der Waals surface area contributed by atoms with Crippen LogP contribution in [-0.4, -0.2) is 34.8 Å². The normalized spacial score (nSPS) is 17.7. The molecule has 0 aliphatic heterocycles. The van der Waals surface area contributed by atoms with E-state index in [-0.39, 0.29) is 12.0 Å². The minimum absolute atomic E-state index is 0.0376. The SMILES string of the molecule is CCNc1cncc(NCC2(CO)CCCC2)n1. The van der Waals surface area contributed by atoms with Crippen LogP contribution in [0.25, 0.3) is 0 Å². The fourth-order valence-electron chi connectivity index (χ4n) is 2.51. The smallest absolute Gasteiger partial charge is 0.146 e. The van der Waals surface area contributed by atoms with E-state index in [0.29, 0.717) is 0 Å². The Bertz CT molecular complexity index is 377. The molecule has 1 aliphatic rings. The Hall–Kier alpha value is -1.36. The maximum Gasteiger partial charge on any atom is 0.146 e. The van der Waals surface area contributed by atoms with Crippen molar-refractivity contribution in [3.05, 3.63) is 12.4 Å². The summed E-state index contributed by atoms with van der Waals surface area (Å²) in [5.41, 5.74) is 0.0376. The van der Waals surface area contributed by atoms with E-state index in [4.69, 9.17) is 0 Å². The van der Waals surface area contributed by atoms with Gasteiger partial charge in [-0.1, -0.05) is 12.8 Å². The molecule has 0 amide bonds. The Morgan fingerprint density at radius 3 is 2.50 bits per heavy atom. The molecule has 5 nitrogen and oxygen atoms in total. The van der Waals surface area contributed by atoms with E-state index in [1.807, 2.05) is 6.92 Å². The molecule has 0 unspecified atom stereocenters. The second-order valence-corrected chi connectivity index (χ2v) is 5.04. The van der Waals surface area contributed by atoms with E-state index in [1.165, 1.54) is 12.8 Å². The number of nitrogens with one attached hydrogen (secondary N) is 2. The summed E-state index contributed by atoms with van der Waals surface area (Å²) in [6.45, 7) is 3.88. The van der Waals surface area contributed by atoms with Crippen molar-refractivity contribution in [2.24, 2.45) is 5.41 Å². The molecular weight excluding hydrogens is 228 g/mol. The van der Waals surface area contributed by atoms with Gasteiger partial charge in [0.15, 0.2) is 0 Å². The summed E-state index contributed by atoms with van der Waals surface area (Å²) < 4.78 is 0. The van der Waals surface area contributed by atoms with Gasteiger partial charge in [-0.2, -0.15) is 0 Å². The molecule has 0 bridgehead atoms. The largest absolute Gasteiger partial charge is 0.396 e. The fourth-order valence-corrected chi connectivity index (χ4v) is 2.51. The molecule has 3 N–H and O–H groups in total. The first kappa shape index (κ1) is 13.1. The van der Waals surface area contributed by atoms with Gasteiger partial charge in [-0.3, -0.25) is 4.98 Å². The monoisotopic (exact) mass is 250 g/mol. The maximum atomic E-state index is 9.54. The van der Waals surface area contributed by atoms with Crippen LogP contribution < -0.4 is 10.6 Å². The minimum Gasteiger partial charge on any atom is -0.396 e. The fraction of sp³-hybridized carbons (Fsp3) is 0.692. The topological polar surface area (TPSA) is 70.1 Å². The average molecular weight is 250 g/mol. The summed E-state index contributed by atoms with van der Waals surface area (Å²) in [6.07, 6.45) is 8.05. The van der Waals surface area contributed by atoms with Crippen molar-refractivity contribution in [3.8, 4) is 0 Å². The Balaban J connectivity index is 1.94. The number of rotatable bonds is 6. The third-order valence-electron chi connectivity index (χ3n) is 3.64. The predicted molar refractivity (Wildman–Crippen MR) is 72.7 cm³/mol. The van der Waals surface area contributed by atoms with E-state index in [0.717, 1.165) is 37.6 Å². The van der Waals surface area contributed by atoms with Crippen molar-refractivity contribution in [2.75, 3.05) is 30.3 Å². The molecule has 1 fully saturated rings. The first-order valence-corrected chi connectivity index (χ1v) is 6.69. The van der Waals surface area contributed by atoms with Gasteiger partial charge in [0.05, 0.1) is 19.0 Å². The van der Waals surface area contributed by atoms with Gasteiger partial charge >= 0.3 is 0 Å². The van der Waals surface area contributed by atoms with Crippen molar-refractivity contribution in [1.82, 2.24) is 9.97 Å². The number of anilines is 2. The van der Waals surface area contributed by atoms with Crippen LogP contribution in [0, 0.1) is 5.41 Å². The summed E-state index contributed by atoms with van der Waals surface area (Å²) >= 11 is 0. The van der Waals surface area contributed by atoms with Crippen molar-refractivity contribution in [1.29, 1.82) is 0 Å². The minimum atomic E-state index is 0.0376. The number of hydrogen-bond donors (Lipinski definition) is 3. The van der Waals surface area contributed by atoms with Crippen molar-refractivity contribution < 1.29 is 5.11 Å². The second kappa shape index (κ2) is 6.00. The zero-order chi connectivity index (χ0) is 12.8. The highest BCUT2D eigenvalue weighted by atomic mass is 16.3. The molecule has 1 saturated carbocycles. The number of nitrogens with zero attached hydrogens (tertiary/aromatic N) is 2. The van der Waals surface area contributed by atoms with Gasteiger partial charge in [0, 0.05) is 18.5 Å². The van der Waals surface area contributed by atoms with Crippen LogP contribution in [-0.2, 0) is 0 Å². The highest BCUT2D eigenvalue weighted by molar-refractivity contribution is 5.41. The Morgan fingerprint density at radius 2 is 1.89 bits per heavy atom. The molecule has 1 aliphatic carbocycles. The van der Waals surface area contributed by atoms with Gasteiger partial charge in [-0.15, -0.1) is 0 Å². The summed E-state index contributed by atoms with van der Waals surface area (Å²) in [4.78, 5) is 8.57.